The van der Waals surface area contributed by atoms with E-state index >= 15 is 0 Å². The molecule has 0 aliphatic heterocycles. The zero-order valence-electron chi connectivity index (χ0n) is 9.68. The van der Waals surface area contributed by atoms with Gasteiger partial charge in [0.1, 0.15) is 18.2 Å². The van der Waals surface area contributed by atoms with Gasteiger partial charge in [-0.15, -0.1) is 0 Å². The molecular formula is C13H9BrFNO3. The van der Waals surface area contributed by atoms with Crippen LogP contribution in [0.4, 0.5) is 10.1 Å². The fraction of sp³-hybridized carbons (Fsp3) is 0.0769. The Hall–Kier alpha value is -1.95. The number of hydrogen-bond donors (Lipinski definition) is 0. The van der Waals surface area contributed by atoms with Crippen LogP contribution in [0.2, 0.25) is 0 Å². The topological polar surface area (TPSA) is 52.4 Å². The lowest BCUT2D eigenvalue weighted by Gasteiger charge is -2.06. The lowest BCUT2D eigenvalue weighted by atomic mass is 10.2. The Bertz CT molecular complexity index is 581. The lowest BCUT2D eigenvalue weighted by Crippen LogP contribution is -1.96. The summed E-state index contributed by atoms with van der Waals surface area (Å²) in [6.07, 6.45) is 0. The summed E-state index contributed by atoms with van der Waals surface area (Å²) in [6, 6.07) is 10.3. The predicted octanol–water partition coefficient (Wildman–Crippen LogP) is 4.08. The van der Waals surface area contributed by atoms with Crippen LogP contribution >= 0.6 is 15.9 Å². The molecule has 6 heteroatoms. The Kier molecular flexibility index (Phi) is 4.11. The summed E-state index contributed by atoms with van der Waals surface area (Å²) in [6.45, 7) is 0.216. The van der Waals surface area contributed by atoms with E-state index in [-0.39, 0.29) is 12.3 Å². The first-order valence-corrected chi connectivity index (χ1v) is 6.16. The number of non-ortho nitro benzene ring substituents is 1. The molecular weight excluding hydrogens is 317 g/mol. The largest absolute Gasteiger partial charge is 0.489 e. The molecule has 98 valence electrons. The molecule has 0 spiro atoms. The molecule has 0 radical (unpaired) electrons. The maximum atomic E-state index is 13.1. The summed E-state index contributed by atoms with van der Waals surface area (Å²) in [5.41, 5.74) is 0.795. The molecule has 0 amide bonds. The first-order valence-electron chi connectivity index (χ1n) is 5.37. The number of benzene rings is 2. The average Bonchev–Trinajstić information content (AvgIpc) is 2.36. The number of nitro groups is 1. The number of ether oxygens (including phenoxy) is 1. The van der Waals surface area contributed by atoms with Crippen molar-refractivity contribution < 1.29 is 14.1 Å². The Balaban J connectivity index is 2.03. The second-order valence-corrected chi connectivity index (χ2v) is 4.73. The van der Waals surface area contributed by atoms with Gasteiger partial charge in [0, 0.05) is 22.7 Å². The fourth-order valence-corrected chi connectivity index (χ4v) is 1.94. The highest BCUT2D eigenvalue weighted by Gasteiger charge is 2.05. The van der Waals surface area contributed by atoms with Gasteiger partial charge in [-0.2, -0.15) is 0 Å². The third-order valence-electron chi connectivity index (χ3n) is 2.39. The molecule has 2 rings (SSSR count). The number of nitro benzene ring substituents is 1. The summed E-state index contributed by atoms with van der Waals surface area (Å²) in [5, 5.41) is 10.5. The Morgan fingerprint density at radius 3 is 2.47 bits per heavy atom. The van der Waals surface area contributed by atoms with Crippen LogP contribution in [0.3, 0.4) is 0 Å². The van der Waals surface area contributed by atoms with Crippen molar-refractivity contribution in [1.29, 1.82) is 0 Å². The molecule has 0 heterocycles. The highest BCUT2D eigenvalue weighted by Crippen LogP contribution is 2.22. The second kappa shape index (κ2) is 5.79. The number of nitrogens with zero attached hydrogens (tertiary/aromatic N) is 1. The average molecular weight is 326 g/mol. The molecule has 2 aromatic carbocycles. The molecule has 0 aliphatic carbocycles. The third kappa shape index (κ3) is 3.75. The van der Waals surface area contributed by atoms with Gasteiger partial charge in [0.2, 0.25) is 0 Å². The first kappa shape index (κ1) is 13.5. The fourth-order valence-electron chi connectivity index (χ4n) is 1.49. The smallest absolute Gasteiger partial charge is 0.269 e. The molecule has 4 nitrogen and oxygen atoms in total. The van der Waals surface area contributed by atoms with E-state index in [4.69, 9.17) is 4.74 Å². The summed E-state index contributed by atoms with van der Waals surface area (Å²) < 4.78 is 19.1. The molecule has 0 aromatic heterocycles. The van der Waals surface area contributed by atoms with Crippen molar-refractivity contribution >= 4 is 21.6 Å². The van der Waals surface area contributed by atoms with Crippen molar-refractivity contribution in [2.75, 3.05) is 0 Å². The Morgan fingerprint density at radius 2 is 1.89 bits per heavy atom. The Labute approximate surface area is 117 Å². The summed E-state index contributed by atoms with van der Waals surface area (Å²) in [5.74, 6) is -0.00157. The van der Waals surface area contributed by atoms with E-state index in [0.717, 1.165) is 5.56 Å². The van der Waals surface area contributed by atoms with Crippen molar-refractivity contribution in [2.24, 2.45) is 0 Å². The van der Waals surface area contributed by atoms with Gasteiger partial charge < -0.3 is 4.74 Å². The second-order valence-electron chi connectivity index (χ2n) is 3.82. The minimum absolute atomic E-state index is 0.0252. The molecule has 0 unspecified atom stereocenters. The molecule has 0 fully saturated rings. The summed E-state index contributed by atoms with van der Waals surface area (Å²) in [4.78, 5) is 10.0. The van der Waals surface area contributed by atoms with E-state index in [1.807, 2.05) is 0 Å². The standard InChI is InChI=1S/C13H9BrFNO3/c14-10-5-11(15)7-13(6-10)19-8-9-1-3-12(4-2-9)16(17)18/h1-7H,8H2. The highest BCUT2D eigenvalue weighted by molar-refractivity contribution is 9.10. The maximum absolute atomic E-state index is 13.1. The van der Waals surface area contributed by atoms with Gasteiger partial charge >= 0.3 is 0 Å². The maximum Gasteiger partial charge on any atom is 0.269 e. The number of halogens is 2. The SMILES string of the molecule is O=[N+]([O-])c1ccc(COc2cc(F)cc(Br)c2)cc1. The van der Waals surface area contributed by atoms with Crippen molar-refractivity contribution in [1.82, 2.24) is 0 Å². The summed E-state index contributed by atoms with van der Waals surface area (Å²) >= 11 is 3.17. The number of rotatable bonds is 4. The van der Waals surface area contributed by atoms with E-state index < -0.39 is 10.7 Å². The van der Waals surface area contributed by atoms with Gasteiger partial charge in [0.05, 0.1) is 4.92 Å². The van der Waals surface area contributed by atoms with E-state index in [9.17, 15) is 14.5 Å². The van der Waals surface area contributed by atoms with Crippen molar-refractivity contribution in [3.05, 3.63) is 68.4 Å². The third-order valence-corrected chi connectivity index (χ3v) is 2.85. The molecule has 0 atom stereocenters. The quantitative estimate of drug-likeness (QED) is 0.628. The normalized spacial score (nSPS) is 10.2. The molecule has 2 aromatic rings. The molecule has 0 bridgehead atoms. The van der Waals surface area contributed by atoms with Gasteiger partial charge in [0.15, 0.2) is 0 Å². The molecule has 19 heavy (non-hydrogen) atoms. The van der Waals surface area contributed by atoms with Gasteiger partial charge in [0.25, 0.3) is 5.69 Å². The minimum atomic E-state index is -0.464. The molecule has 0 aliphatic rings. The van der Waals surface area contributed by atoms with Crippen molar-refractivity contribution in [2.45, 2.75) is 6.61 Å². The van der Waals surface area contributed by atoms with Crippen LogP contribution in [0.5, 0.6) is 5.75 Å². The first-order chi connectivity index (χ1) is 9.04. The van der Waals surface area contributed by atoms with Crippen molar-refractivity contribution in [3.63, 3.8) is 0 Å². The molecule has 0 saturated carbocycles. The van der Waals surface area contributed by atoms with Crippen LogP contribution < -0.4 is 4.74 Å². The predicted molar refractivity (Wildman–Crippen MR) is 71.5 cm³/mol. The van der Waals surface area contributed by atoms with Gasteiger partial charge in [-0.25, -0.2) is 4.39 Å². The van der Waals surface area contributed by atoms with Gasteiger partial charge in [-0.1, -0.05) is 15.9 Å². The van der Waals surface area contributed by atoms with E-state index in [2.05, 4.69) is 15.9 Å². The lowest BCUT2D eigenvalue weighted by molar-refractivity contribution is -0.384. The molecule has 0 N–H and O–H groups in total. The van der Waals surface area contributed by atoms with Crippen LogP contribution in [-0.4, -0.2) is 4.92 Å². The Morgan fingerprint density at radius 1 is 1.21 bits per heavy atom. The van der Waals surface area contributed by atoms with Crippen LogP contribution in [0.25, 0.3) is 0 Å². The van der Waals surface area contributed by atoms with E-state index in [1.165, 1.54) is 24.3 Å². The summed E-state index contributed by atoms with van der Waals surface area (Å²) in [7, 11) is 0. The minimum Gasteiger partial charge on any atom is -0.489 e. The zero-order valence-corrected chi connectivity index (χ0v) is 11.3. The van der Waals surface area contributed by atoms with Crippen LogP contribution in [0.1, 0.15) is 5.56 Å². The van der Waals surface area contributed by atoms with Crippen LogP contribution in [-0.2, 0) is 6.61 Å². The molecule has 0 saturated heterocycles. The van der Waals surface area contributed by atoms with E-state index in [1.54, 1.807) is 18.2 Å². The van der Waals surface area contributed by atoms with Crippen molar-refractivity contribution in [3.8, 4) is 5.75 Å². The number of hydrogen-bond acceptors (Lipinski definition) is 3. The zero-order chi connectivity index (χ0) is 13.8. The van der Waals surface area contributed by atoms with Gasteiger partial charge in [-0.05, 0) is 29.8 Å². The van der Waals surface area contributed by atoms with E-state index in [0.29, 0.717) is 10.2 Å². The van der Waals surface area contributed by atoms with Gasteiger partial charge in [-0.3, -0.25) is 10.1 Å². The highest BCUT2D eigenvalue weighted by atomic mass is 79.9. The van der Waals surface area contributed by atoms with Crippen LogP contribution in [0, 0.1) is 15.9 Å². The van der Waals surface area contributed by atoms with Crippen LogP contribution in [0.15, 0.2) is 46.9 Å². The monoisotopic (exact) mass is 325 g/mol.